The maximum absolute atomic E-state index is 12.4. The highest BCUT2D eigenvalue weighted by atomic mass is 32.2. The topological polar surface area (TPSA) is 103 Å². The lowest BCUT2D eigenvalue weighted by Gasteiger charge is -2.14. The van der Waals surface area contributed by atoms with Gasteiger partial charge < -0.3 is 19.5 Å². The number of methoxy groups -OCH3 is 3. The number of benzene rings is 2. The summed E-state index contributed by atoms with van der Waals surface area (Å²) in [4.78, 5) is 12.4. The Balaban J connectivity index is 1.93. The molecule has 0 atom stereocenters. The standard InChI is InChI=1S/C21H28N2O6S/c1-14-6-7-17(10-15(14)2)30(25,26)23-9-8-21(24)22-13-16-11-19(28-4)20(29-5)12-18(16)27-3/h6-7,10-12,23H,8-9,13H2,1-5H3,(H,22,24). The number of hydrogen-bond acceptors (Lipinski definition) is 6. The quantitative estimate of drug-likeness (QED) is 0.593. The van der Waals surface area contributed by atoms with Gasteiger partial charge in [0.15, 0.2) is 11.5 Å². The highest BCUT2D eigenvalue weighted by Crippen LogP contribution is 2.34. The molecule has 2 aromatic carbocycles. The average Bonchev–Trinajstić information content (AvgIpc) is 2.73. The molecule has 0 saturated carbocycles. The lowest BCUT2D eigenvalue weighted by molar-refractivity contribution is -0.121. The summed E-state index contributed by atoms with van der Waals surface area (Å²) >= 11 is 0. The monoisotopic (exact) mass is 436 g/mol. The zero-order valence-electron chi connectivity index (χ0n) is 17.9. The Labute approximate surface area is 177 Å². The van der Waals surface area contributed by atoms with Crippen LogP contribution in [0.3, 0.4) is 0 Å². The van der Waals surface area contributed by atoms with E-state index in [4.69, 9.17) is 14.2 Å². The first-order chi connectivity index (χ1) is 14.2. The second kappa shape index (κ2) is 10.3. The Hall–Kier alpha value is -2.78. The van der Waals surface area contributed by atoms with Crippen LogP contribution in [0.1, 0.15) is 23.1 Å². The van der Waals surface area contributed by atoms with Crippen LogP contribution in [0.25, 0.3) is 0 Å². The predicted molar refractivity (Wildman–Crippen MR) is 114 cm³/mol. The summed E-state index contributed by atoms with van der Waals surface area (Å²) in [5.41, 5.74) is 2.61. The van der Waals surface area contributed by atoms with Gasteiger partial charge in [-0.05, 0) is 43.2 Å². The van der Waals surface area contributed by atoms with Gasteiger partial charge in [-0.1, -0.05) is 6.07 Å². The van der Waals surface area contributed by atoms with E-state index in [1.54, 1.807) is 30.3 Å². The smallest absolute Gasteiger partial charge is 0.240 e. The highest BCUT2D eigenvalue weighted by Gasteiger charge is 2.16. The van der Waals surface area contributed by atoms with Crippen molar-refractivity contribution >= 4 is 15.9 Å². The van der Waals surface area contributed by atoms with Crippen molar-refractivity contribution in [1.29, 1.82) is 0 Å². The van der Waals surface area contributed by atoms with Gasteiger partial charge in [-0.15, -0.1) is 0 Å². The summed E-state index contributed by atoms with van der Waals surface area (Å²) in [6, 6.07) is 8.32. The maximum Gasteiger partial charge on any atom is 0.240 e. The van der Waals surface area contributed by atoms with Gasteiger partial charge in [-0.25, -0.2) is 13.1 Å². The van der Waals surface area contributed by atoms with E-state index in [1.807, 2.05) is 13.8 Å². The van der Waals surface area contributed by atoms with E-state index in [-0.39, 0.29) is 30.3 Å². The molecule has 0 heterocycles. The van der Waals surface area contributed by atoms with Gasteiger partial charge in [0, 0.05) is 31.1 Å². The molecule has 2 aromatic rings. The van der Waals surface area contributed by atoms with Gasteiger partial charge >= 0.3 is 0 Å². The highest BCUT2D eigenvalue weighted by molar-refractivity contribution is 7.89. The second-order valence-corrected chi connectivity index (χ2v) is 8.46. The predicted octanol–water partition coefficient (Wildman–Crippen LogP) is 2.31. The number of carbonyl (C=O) groups excluding carboxylic acids is 1. The van der Waals surface area contributed by atoms with Gasteiger partial charge in [0.1, 0.15) is 5.75 Å². The molecular formula is C21H28N2O6S. The van der Waals surface area contributed by atoms with E-state index in [9.17, 15) is 13.2 Å². The SMILES string of the molecule is COc1cc(OC)c(OC)cc1CNC(=O)CCNS(=O)(=O)c1ccc(C)c(C)c1. The molecule has 2 rings (SSSR count). The molecule has 0 aliphatic rings. The minimum Gasteiger partial charge on any atom is -0.496 e. The molecule has 0 bridgehead atoms. The van der Waals surface area contributed by atoms with E-state index in [1.165, 1.54) is 21.3 Å². The third-order valence-electron chi connectivity index (χ3n) is 4.70. The van der Waals surface area contributed by atoms with Crippen LogP contribution in [-0.4, -0.2) is 42.2 Å². The van der Waals surface area contributed by atoms with Gasteiger partial charge in [-0.2, -0.15) is 0 Å². The third kappa shape index (κ3) is 5.87. The number of aryl methyl sites for hydroxylation is 2. The van der Waals surface area contributed by atoms with Gasteiger partial charge in [0.05, 0.1) is 26.2 Å². The maximum atomic E-state index is 12.4. The Morgan fingerprint density at radius 1 is 0.900 bits per heavy atom. The summed E-state index contributed by atoms with van der Waals surface area (Å²) in [6.07, 6.45) is -0.000319. The molecule has 8 nitrogen and oxygen atoms in total. The molecule has 2 N–H and O–H groups in total. The Morgan fingerprint density at radius 2 is 1.53 bits per heavy atom. The largest absolute Gasteiger partial charge is 0.496 e. The van der Waals surface area contributed by atoms with E-state index in [0.29, 0.717) is 22.8 Å². The van der Waals surface area contributed by atoms with E-state index in [0.717, 1.165) is 11.1 Å². The lowest BCUT2D eigenvalue weighted by atomic mass is 10.1. The van der Waals surface area contributed by atoms with Gasteiger partial charge in [0.25, 0.3) is 0 Å². The summed E-state index contributed by atoms with van der Waals surface area (Å²) in [7, 11) is 0.900. The second-order valence-electron chi connectivity index (χ2n) is 6.69. The normalized spacial score (nSPS) is 11.1. The summed E-state index contributed by atoms with van der Waals surface area (Å²) in [5.74, 6) is 1.28. The molecule has 0 saturated heterocycles. The molecule has 0 unspecified atom stereocenters. The fraction of sp³-hybridized carbons (Fsp3) is 0.381. The number of hydrogen-bond donors (Lipinski definition) is 2. The minimum atomic E-state index is -3.67. The first kappa shape index (κ1) is 23.5. The van der Waals surface area contributed by atoms with E-state index in [2.05, 4.69) is 10.0 Å². The number of nitrogens with one attached hydrogen (secondary N) is 2. The van der Waals surface area contributed by atoms with Crippen LogP contribution < -0.4 is 24.2 Å². The van der Waals surface area contributed by atoms with E-state index < -0.39 is 10.0 Å². The Morgan fingerprint density at radius 3 is 2.13 bits per heavy atom. The summed E-state index contributed by atoms with van der Waals surface area (Å²) in [6.45, 7) is 3.96. The fourth-order valence-electron chi connectivity index (χ4n) is 2.78. The summed E-state index contributed by atoms with van der Waals surface area (Å²) < 4.78 is 43.1. The first-order valence-electron chi connectivity index (χ1n) is 9.34. The van der Waals surface area contributed by atoms with Crippen molar-refractivity contribution < 1.29 is 27.4 Å². The molecule has 0 radical (unpaired) electrons. The third-order valence-corrected chi connectivity index (χ3v) is 6.15. The number of ether oxygens (including phenoxy) is 3. The van der Waals surface area contributed by atoms with Crippen molar-refractivity contribution in [3.05, 3.63) is 47.0 Å². The van der Waals surface area contributed by atoms with Crippen LogP contribution in [0.4, 0.5) is 0 Å². The minimum absolute atomic E-state index is 0.000319. The molecule has 0 aliphatic heterocycles. The number of rotatable bonds is 10. The van der Waals surface area contributed by atoms with Crippen molar-refractivity contribution in [3.8, 4) is 17.2 Å². The van der Waals surface area contributed by atoms with Crippen LogP contribution >= 0.6 is 0 Å². The zero-order chi connectivity index (χ0) is 22.3. The fourth-order valence-corrected chi connectivity index (χ4v) is 3.89. The first-order valence-corrected chi connectivity index (χ1v) is 10.8. The van der Waals surface area contributed by atoms with Crippen LogP contribution in [0, 0.1) is 13.8 Å². The molecule has 164 valence electrons. The van der Waals surface area contributed by atoms with Crippen LogP contribution in [0.2, 0.25) is 0 Å². The Kier molecular flexibility index (Phi) is 8.08. The lowest BCUT2D eigenvalue weighted by Crippen LogP contribution is -2.30. The van der Waals surface area contributed by atoms with Crippen LogP contribution in [0.5, 0.6) is 17.2 Å². The van der Waals surface area contributed by atoms with Crippen molar-refractivity contribution in [2.45, 2.75) is 31.7 Å². The van der Waals surface area contributed by atoms with Crippen molar-refractivity contribution in [2.24, 2.45) is 0 Å². The molecule has 0 aromatic heterocycles. The molecule has 0 fully saturated rings. The van der Waals surface area contributed by atoms with Gasteiger partial charge in [-0.3, -0.25) is 4.79 Å². The molecule has 9 heteroatoms. The molecule has 1 amide bonds. The van der Waals surface area contributed by atoms with Crippen LogP contribution in [0.15, 0.2) is 35.2 Å². The van der Waals surface area contributed by atoms with Crippen molar-refractivity contribution in [1.82, 2.24) is 10.0 Å². The molecular weight excluding hydrogens is 408 g/mol. The Bertz CT molecular complexity index is 1000. The molecule has 30 heavy (non-hydrogen) atoms. The van der Waals surface area contributed by atoms with E-state index >= 15 is 0 Å². The molecule has 0 aliphatic carbocycles. The van der Waals surface area contributed by atoms with Crippen molar-refractivity contribution in [3.63, 3.8) is 0 Å². The van der Waals surface area contributed by atoms with Crippen LogP contribution in [-0.2, 0) is 21.4 Å². The zero-order valence-corrected chi connectivity index (χ0v) is 18.7. The summed E-state index contributed by atoms with van der Waals surface area (Å²) in [5, 5.41) is 2.75. The van der Waals surface area contributed by atoms with Crippen molar-refractivity contribution in [2.75, 3.05) is 27.9 Å². The number of sulfonamides is 1. The van der Waals surface area contributed by atoms with Gasteiger partial charge in [0.2, 0.25) is 15.9 Å². The number of amides is 1. The number of carbonyl (C=O) groups is 1. The molecule has 0 spiro atoms. The average molecular weight is 437 g/mol.